The van der Waals surface area contributed by atoms with E-state index in [9.17, 15) is 0 Å². The molecule has 1 saturated carbocycles. The van der Waals surface area contributed by atoms with Gasteiger partial charge in [-0.1, -0.05) is 43.8 Å². The van der Waals surface area contributed by atoms with Crippen LogP contribution in [0, 0.1) is 5.92 Å². The fraction of sp³-hybridized carbons (Fsp3) is 0.846. The first kappa shape index (κ1) is 9.30. The van der Waals surface area contributed by atoms with Gasteiger partial charge in [-0.05, 0) is 38.0 Å². The molecular weight excluding hydrogens is 156 g/mol. The summed E-state index contributed by atoms with van der Waals surface area (Å²) in [6.07, 6.45) is 17.2. The fourth-order valence-corrected chi connectivity index (χ4v) is 2.85. The minimum atomic E-state index is 1.05. The molecule has 1 fully saturated rings. The molecule has 74 valence electrons. The molecule has 0 nitrogen and oxygen atoms in total. The molecule has 0 heteroatoms. The van der Waals surface area contributed by atoms with Crippen molar-refractivity contribution >= 4 is 0 Å². The van der Waals surface area contributed by atoms with Crippen molar-refractivity contribution in [2.24, 2.45) is 5.92 Å². The van der Waals surface area contributed by atoms with Crippen molar-refractivity contribution in [3.63, 3.8) is 0 Å². The van der Waals surface area contributed by atoms with E-state index in [1.54, 1.807) is 5.57 Å². The van der Waals surface area contributed by atoms with E-state index < -0.39 is 0 Å². The van der Waals surface area contributed by atoms with Gasteiger partial charge >= 0.3 is 0 Å². The van der Waals surface area contributed by atoms with Crippen LogP contribution >= 0.6 is 0 Å². The Labute approximate surface area is 82.4 Å². The molecule has 2 aliphatic rings. The Bertz CT molecular complexity index is 172. The van der Waals surface area contributed by atoms with E-state index in [0.29, 0.717) is 0 Å². The molecule has 13 heavy (non-hydrogen) atoms. The molecule has 0 heterocycles. The summed E-state index contributed by atoms with van der Waals surface area (Å²) in [6, 6.07) is 0. The smallest absolute Gasteiger partial charge is 0.0292 e. The quantitative estimate of drug-likeness (QED) is 0.548. The molecule has 0 amide bonds. The Morgan fingerprint density at radius 2 is 1.85 bits per heavy atom. The summed E-state index contributed by atoms with van der Waals surface area (Å²) in [5.41, 5.74) is 1.79. The van der Waals surface area contributed by atoms with Gasteiger partial charge in [0.1, 0.15) is 0 Å². The number of allylic oxidation sites excluding steroid dienone is 2. The highest BCUT2D eigenvalue weighted by Gasteiger charge is 2.15. The Morgan fingerprint density at radius 3 is 2.54 bits per heavy atom. The lowest BCUT2D eigenvalue weighted by Crippen LogP contribution is -2.08. The average molecular weight is 178 g/mol. The minimum Gasteiger partial charge on any atom is -0.0853 e. The minimum absolute atomic E-state index is 1.05. The third-order valence-corrected chi connectivity index (χ3v) is 3.66. The average Bonchev–Trinajstić information content (AvgIpc) is 2.21. The molecule has 0 N–H and O–H groups in total. The second-order valence-corrected chi connectivity index (χ2v) is 4.82. The van der Waals surface area contributed by atoms with Gasteiger partial charge in [-0.2, -0.15) is 0 Å². The van der Waals surface area contributed by atoms with Gasteiger partial charge in [0.15, 0.2) is 0 Å². The molecule has 0 aromatic carbocycles. The van der Waals surface area contributed by atoms with E-state index in [1.165, 1.54) is 64.2 Å². The molecule has 2 rings (SSSR count). The Kier molecular flexibility index (Phi) is 3.46. The molecule has 0 aromatic heterocycles. The highest BCUT2D eigenvalue weighted by atomic mass is 14.2. The summed E-state index contributed by atoms with van der Waals surface area (Å²) in [7, 11) is 0. The highest BCUT2D eigenvalue weighted by Crippen LogP contribution is 2.31. The molecule has 0 unspecified atom stereocenters. The van der Waals surface area contributed by atoms with Gasteiger partial charge in [0.2, 0.25) is 0 Å². The topological polar surface area (TPSA) is 0 Å². The number of rotatable bonds is 2. The van der Waals surface area contributed by atoms with Crippen LogP contribution in [0.3, 0.4) is 0 Å². The third-order valence-electron chi connectivity index (χ3n) is 3.66. The van der Waals surface area contributed by atoms with Crippen molar-refractivity contribution < 1.29 is 0 Å². The number of hydrogen-bond donors (Lipinski definition) is 0. The van der Waals surface area contributed by atoms with Crippen LogP contribution in [0.15, 0.2) is 11.6 Å². The summed E-state index contributed by atoms with van der Waals surface area (Å²) in [5.74, 6) is 1.05. The van der Waals surface area contributed by atoms with Crippen molar-refractivity contribution in [1.29, 1.82) is 0 Å². The Hall–Kier alpha value is -0.260. The van der Waals surface area contributed by atoms with Crippen LogP contribution < -0.4 is 0 Å². The van der Waals surface area contributed by atoms with Crippen LogP contribution in [-0.4, -0.2) is 0 Å². The summed E-state index contributed by atoms with van der Waals surface area (Å²) in [4.78, 5) is 0. The molecule has 0 saturated heterocycles. The van der Waals surface area contributed by atoms with Crippen molar-refractivity contribution in [1.82, 2.24) is 0 Å². The second-order valence-electron chi connectivity index (χ2n) is 4.82. The van der Waals surface area contributed by atoms with E-state index in [2.05, 4.69) is 6.08 Å². The highest BCUT2D eigenvalue weighted by molar-refractivity contribution is 5.06. The van der Waals surface area contributed by atoms with Crippen LogP contribution in [-0.2, 0) is 0 Å². The molecule has 0 aliphatic heterocycles. The summed E-state index contributed by atoms with van der Waals surface area (Å²) in [6.45, 7) is 0. The van der Waals surface area contributed by atoms with Gasteiger partial charge in [0, 0.05) is 0 Å². The molecule has 0 aromatic rings. The standard InChI is InChI=1S/C13H22/c1-3-7-12(8-4-1)11-13-9-5-2-6-10-13/h7,13H,1-6,8-11H2. The van der Waals surface area contributed by atoms with Crippen LogP contribution in [0.25, 0.3) is 0 Å². The maximum atomic E-state index is 2.53. The lowest BCUT2D eigenvalue weighted by atomic mass is 9.82. The number of hydrogen-bond acceptors (Lipinski definition) is 0. The van der Waals surface area contributed by atoms with Gasteiger partial charge in [0.25, 0.3) is 0 Å². The van der Waals surface area contributed by atoms with Gasteiger partial charge in [0.05, 0.1) is 0 Å². The molecule has 0 bridgehead atoms. The van der Waals surface area contributed by atoms with Gasteiger partial charge in [-0.15, -0.1) is 0 Å². The van der Waals surface area contributed by atoms with Crippen LogP contribution in [0.2, 0.25) is 0 Å². The molecule has 0 radical (unpaired) electrons. The van der Waals surface area contributed by atoms with Crippen LogP contribution in [0.1, 0.15) is 64.2 Å². The van der Waals surface area contributed by atoms with Crippen LogP contribution in [0.5, 0.6) is 0 Å². The second kappa shape index (κ2) is 4.83. The Balaban J connectivity index is 1.78. The summed E-state index contributed by atoms with van der Waals surface area (Å²) < 4.78 is 0. The first-order chi connectivity index (χ1) is 6.45. The first-order valence-corrected chi connectivity index (χ1v) is 6.13. The van der Waals surface area contributed by atoms with Crippen molar-refractivity contribution in [3.8, 4) is 0 Å². The third kappa shape index (κ3) is 2.86. The van der Waals surface area contributed by atoms with Gasteiger partial charge in [-0.3, -0.25) is 0 Å². The summed E-state index contributed by atoms with van der Waals surface area (Å²) >= 11 is 0. The van der Waals surface area contributed by atoms with Crippen molar-refractivity contribution in [2.45, 2.75) is 64.2 Å². The molecule has 2 aliphatic carbocycles. The lowest BCUT2D eigenvalue weighted by molar-refractivity contribution is 0.351. The SMILES string of the molecule is C1=C(CC2CCCCC2)CCCC1. The largest absolute Gasteiger partial charge is 0.0853 e. The predicted molar refractivity (Wildman–Crippen MR) is 57.7 cm³/mol. The zero-order valence-corrected chi connectivity index (χ0v) is 8.73. The van der Waals surface area contributed by atoms with Crippen molar-refractivity contribution in [3.05, 3.63) is 11.6 Å². The molecule has 0 atom stereocenters. The van der Waals surface area contributed by atoms with Gasteiger partial charge < -0.3 is 0 Å². The summed E-state index contributed by atoms with van der Waals surface area (Å²) in [5, 5.41) is 0. The molecule has 0 spiro atoms. The Morgan fingerprint density at radius 1 is 1.00 bits per heavy atom. The van der Waals surface area contributed by atoms with E-state index in [0.717, 1.165) is 5.92 Å². The van der Waals surface area contributed by atoms with E-state index >= 15 is 0 Å². The maximum Gasteiger partial charge on any atom is -0.0292 e. The maximum absolute atomic E-state index is 2.53. The van der Waals surface area contributed by atoms with E-state index in [4.69, 9.17) is 0 Å². The predicted octanol–water partition coefficient (Wildman–Crippen LogP) is 4.46. The van der Waals surface area contributed by atoms with Crippen molar-refractivity contribution in [2.75, 3.05) is 0 Å². The molecular formula is C13H22. The van der Waals surface area contributed by atoms with Gasteiger partial charge in [-0.25, -0.2) is 0 Å². The van der Waals surface area contributed by atoms with Crippen LogP contribution in [0.4, 0.5) is 0 Å². The van der Waals surface area contributed by atoms with E-state index in [1.807, 2.05) is 0 Å². The normalized spacial score (nSPS) is 25.7. The van der Waals surface area contributed by atoms with E-state index in [-0.39, 0.29) is 0 Å². The lowest BCUT2D eigenvalue weighted by Gasteiger charge is -2.24. The zero-order chi connectivity index (χ0) is 8.93. The monoisotopic (exact) mass is 178 g/mol. The first-order valence-electron chi connectivity index (χ1n) is 6.13. The fourth-order valence-electron chi connectivity index (χ4n) is 2.85. The zero-order valence-electron chi connectivity index (χ0n) is 8.73.